The van der Waals surface area contributed by atoms with E-state index in [1.807, 2.05) is 0 Å². The zero-order valence-corrected chi connectivity index (χ0v) is 12.0. The molecule has 2 aliphatic heterocycles. The summed E-state index contributed by atoms with van der Waals surface area (Å²) in [4.78, 5) is 18.8. The van der Waals surface area contributed by atoms with E-state index in [1.54, 1.807) is 0 Å². The van der Waals surface area contributed by atoms with Gasteiger partial charge in [-0.3, -0.25) is 9.59 Å². The summed E-state index contributed by atoms with van der Waals surface area (Å²) in [5.74, 6) is -0.794. The van der Waals surface area contributed by atoms with Crippen LogP contribution in [-0.2, 0) is 19.1 Å². The molecule has 2 N–H and O–H groups in total. The normalized spacial score (nSPS) is 36.2. The van der Waals surface area contributed by atoms with Crippen molar-refractivity contribution < 1.29 is 29.3 Å². The molecule has 6 nitrogen and oxygen atoms in total. The van der Waals surface area contributed by atoms with Gasteiger partial charge in [0.1, 0.15) is 0 Å². The Kier molecular flexibility index (Phi) is 6.95. The summed E-state index contributed by atoms with van der Waals surface area (Å²) in [6.07, 6.45) is 6.80. The van der Waals surface area contributed by atoms with Gasteiger partial charge in [0.25, 0.3) is 6.47 Å². The van der Waals surface area contributed by atoms with Crippen LogP contribution in [0.15, 0.2) is 0 Å². The van der Waals surface area contributed by atoms with E-state index in [-0.39, 0.29) is 18.5 Å². The number of aliphatic carboxylic acids is 1. The van der Waals surface area contributed by atoms with Crippen molar-refractivity contribution in [3.63, 3.8) is 0 Å². The molecule has 5 unspecified atom stereocenters. The smallest absolute Gasteiger partial charge is 0.306 e. The molecule has 5 atom stereocenters. The standard InChI is InChI=1S/C7H10O3.C6H12O.CH2O2/c8-7(9)4-1-2-5-6(3-4)10-5;1-3-5-6(4-2)7-5;2-1-3/h4-6H,1-3H2,(H,8,9);5-6H,3-4H2,1-2H3;1H,(H,2,3). The molecule has 3 aliphatic rings. The van der Waals surface area contributed by atoms with E-state index in [9.17, 15) is 4.79 Å². The van der Waals surface area contributed by atoms with E-state index < -0.39 is 5.97 Å². The van der Waals surface area contributed by atoms with Crippen LogP contribution in [0.1, 0.15) is 46.0 Å². The van der Waals surface area contributed by atoms with E-state index in [1.165, 1.54) is 12.8 Å². The largest absolute Gasteiger partial charge is 0.483 e. The number of carbonyl (C=O) groups is 2. The van der Waals surface area contributed by atoms with Crippen LogP contribution in [0.25, 0.3) is 0 Å². The lowest BCUT2D eigenvalue weighted by Crippen LogP contribution is -2.21. The monoisotopic (exact) mass is 288 g/mol. The molecule has 0 aromatic carbocycles. The number of ether oxygens (including phenoxy) is 2. The second-order valence-corrected chi connectivity index (χ2v) is 5.20. The van der Waals surface area contributed by atoms with Crippen molar-refractivity contribution in [3.8, 4) is 0 Å². The fourth-order valence-electron chi connectivity index (χ4n) is 2.53. The van der Waals surface area contributed by atoms with Crippen LogP contribution in [0.3, 0.4) is 0 Å². The van der Waals surface area contributed by atoms with Crippen LogP contribution in [0, 0.1) is 5.92 Å². The van der Waals surface area contributed by atoms with Crippen molar-refractivity contribution in [1.29, 1.82) is 0 Å². The van der Waals surface area contributed by atoms with Crippen LogP contribution in [0.5, 0.6) is 0 Å². The Morgan fingerprint density at radius 3 is 2.05 bits per heavy atom. The van der Waals surface area contributed by atoms with Gasteiger partial charge in [0.05, 0.1) is 30.3 Å². The fraction of sp³-hybridized carbons (Fsp3) is 0.857. The molecule has 1 aliphatic carbocycles. The Labute approximate surface area is 119 Å². The summed E-state index contributed by atoms with van der Waals surface area (Å²) in [6, 6.07) is 0. The molecule has 1 saturated carbocycles. The molecule has 6 heteroatoms. The molecular formula is C14H24O6. The van der Waals surface area contributed by atoms with Gasteiger partial charge in [0, 0.05) is 0 Å². The maximum Gasteiger partial charge on any atom is 0.306 e. The number of carboxylic acid groups (broad SMARTS) is 2. The lowest BCUT2D eigenvalue weighted by Gasteiger charge is -2.12. The van der Waals surface area contributed by atoms with Crippen molar-refractivity contribution in [2.45, 2.75) is 70.4 Å². The van der Waals surface area contributed by atoms with E-state index in [0.717, 1.165) is 19.3 Å². The summed E-state index contributed by atoms with van der Waals surface area (Å²) in [7, 11) is 0. The molecular weight excluding hydrogens is 264 g/mol. The van der Waals surface area contributed by atoms with Gasteiger partial charge in [-0.05, 0) is 32.1 Å². The highest BCUT2D eigenvalue weighted by Crippen LogP contribution is 2.39. The molecule has 0 amide bonds. The Morgan fingerprint density at radius 2 is 1.70 bits per heavy atom. The predicted molar refractivity (Wildman–Crippen MR) is 71.6 cm³/mol. The van der Waals surface area contributed by atoms with Crippen molar-refractivity contribution in [2.75, 3.05) is 0 Å². The van der Waals surface area contributed by atoms with Gasteiger partial charge in [-0.2, -0.15) is 0 Å². The fourth-order valence-corrected chi connectivity index (χ4v) is 2.53. The molecule has 2 heterocycles. The molecule has 0 aromatic rings. The zero-order valence-electron chi connectivity index (χ0n) is 12.0. The topological polar surface area (TPSA) is 99.7 Å². The lowest BCUT2D eigenvalue weighted by molar-refractivity contribution is -0.142. The maximum atomic E-state index is 10.5. The van der Waals surface area contributed by atoms with Crippen LogP contribution in [0.4, 0.5) is 0 Å². The first kappa shape index (κ1) is 16.9. The quantitative estimate of drug-likeness (QED) is 0.608. The van der Waals surface area contributed by atoms with Crippen molar-refractivity contribution in [1.82, 2.24) is 0 Å². The molecule has 0 radical (unpaired) electrons. The molecule has 20 heavy (non-hydrogen) atoms. The molecule has 3 fully saturated rings. The van der Waals surface area contributed by atoms with E-state index in [0.29, 0.717) is 18.3 Å². The molecule has 0 aromatic heterocycles. The number of fused-ring (bicyclic) bond motifs is 1. The molecule has 116 valence electrons. The number of carboxylic acids is 1. The number of hydrogen-bond donors (Lipinski definition) is 2. The minimum Gasteiger partial charge on any atom is -0.483 e. The predicted octanol–water partition coefficient (Wildman–Crippen LogP) is 1.91. The van der Waals surface area contributed by atoms with Gasteiger partial charge in [0.2, 0.25) is 0 Å². The van der Waals surface area contributed by atoms with Gasteiger partial charge < -0.3 is 19.7 Å². The molecule has 0 spiro atoms. The Morgan fingerprint density at radius 1 is 1.15 bits per heavy atom. The third kappa shape index (κ3) is 5.46. The van der Waals surface area contributed by atoms with Crippen LogP contribution >= 0.6 is 0 Å². The SMILES string of the molecule is CCC1OC1CC.O=C(O)C1CCC2OC2C1.O=CO. The first-order chi connectivity index (χ1) is 9.57. The second-order valence-electron chi connectivity index (χ2n) is 5.20. The molecule has 3 rings (SSSR count). The van der Waals surface area contributed by atoms with Gasteiger partial charge in [-0.15, -0.1) is 0 Å². The molecule has 2 saturated heterocycles. The minimum atomic E-state index is -0.658. The van der Waals surface area contributed by atoms with Gasteiger partial charge in [-0.25, -0.2) is 0 Å². The van der Waals surface area contributed by atoms with Gasteiger partial charge >= 0.3 is 5.97 Å². The van der Waals surface area contributed by atoms with Crippen molar-refractivity contribution in [3.05, 3.63) is 0 Å². The summed E-state index contributed by atoms with van der Waals surface area (Å²) in [5.41, 5.74) is 0. The average molecular weight is 288 g/mol. The Hall–Kier alpha value is -1.14. The Bertz CT molecular complexity index is 311. The summed E-state index contributed by atoms with van der Waals surface area (Å²) >= 11 is 0. The highest BCUT2D eigenvalue weighted by Gasteiger charge is 2.45. The number of epoxide rings is 2. The van der Waals surface area contributed by atoms with Crippen LogP contribution < -0.4 is 0 Å². The summed E-state index contributed by atoms with van der Waals surface area (Å²) < 4.78 is 10.4. The van der Waals surface area contributed by atoms with Crippen molar-refractivity contribution >= 4 is 12.4 Å². The number of hydrogen-bond acceptors (Lipinski definition) is 4. The zero-order chi connectivity index (χ0) is 15.1. The van der Waals surface area contributed by atoms with E-state index >= 15 is 0 Å². The van der Waals surface area contributed by atoms with Gasteiger partial charge in [0.15, 0.2) is 0 Å². The number of rotatable bonds is 3. The van der Waals surface area contributed by atoms with E-state index in [2.05, 4.69) is 13.8 Å². The van der Waals surface area contributed by atoms with Crippen LogP contribution in [0.2, 0.25) is 0 Å². The first-order valence-corrected chi connectivity index (χ1v) is 7.18. The van der Waals surface area contributed by atoms with Crippen molar-refractivity contribution in [2.24, 2.45) is 5.92 Å². The minimum absolute atomic E-state index is 0.135. The molecule has 0 bridgehead atoms. The van der Waals surface area contributed by atoms with Crippen LogP contribution in [-0.4, -0.2) is 47.1 Å². The maximum absolute atomic E-state index is 10.5. The highest BCUT2D eigenvalue weighted by molar-refractivity contribution is 5.70. The summed E-state index contributed by atoms with van der Waals surface area (Å²) in [6.45, 7) is 4.08. The lowest BCUT2D eigenvalue weighted by atomic mass is 9.90. The third-order valence-electron chi connectivity index (χ3n) is 3.85. The van der Waals surface area contributed by atoms with Gasteiger partial charge in [-0.1, -0.05) is 13.8 Å². The average Bonchev–Trinajstić information content (AvgIpc) is 3.33. The second kappa shape index (κ2) is 8.21. The first-order valence-electron chi connectivity index (χ1n) is 7.18. The highest BCUT2D eigenvalue weighted by atomic mass is 16.6. The van der Waals surface area contributed by atoms with E-state index in [4.69, 9.17) is 24.5 Å². The summed E-state index contributed by atoms with van der Waals surface area (Å²) in [5, 5.41) is 15.5. The third-order valence-corrected chi connectivity index (χ3v) is 3.85. The Balaban J connectivity index is 0.000000176.